The standard InChI is InChI=1S/C18H16ClFN4O3/c1-27-15-7-2-10(19)8-13(15)22-17(26)14-9-16(25)24-18(23-14)21-12-5-3-11(20)4-6-12/h2-8,14H,9H2,1H3,(H,22,26)(H2,21,23,24,25)/t14-/m0/s1. The molecule has 2 aromatic rings. The number of carbonyl (C=O) groups excluding carboxylic acids is 2. The Balaban J connectivity index is 1.76. The van der Waals surface area contributed by atoms with Crippen molar-refractivity contribution in [3.63, 3.8) is 0 Å². The summed E-state index contributed by atoms with van der Waals surface area (Å²) in [6.45, 7) is 0. The van der Waals surface area contributed by atoms with Crippen LogP contribution in [0.1, 0.15) is 6.42 Å². The van der Waals surface area contributed by atoms with E-state index in [1.807, 2.05) is 0 Å². The number of aliphatic imine (C=N–C) groups is 1. The van der Waals surface area contributed by atoms with Gasteiger partial charge in [-0.3, -0.25) is 14.9 Å². The number of benzene rings is 2. The van der Waals surface area contributed by atoms with E-state index in [4.69, 9.17) is 16.3 Å². The summed E-state index contributed by atoms with van der Waals surface area (Å²) in [5, 5.41) is 8.48. The molecule has 2 aromatic carbocycles. The van der Waals surface area contributed by atoms with E-state index in [0.717, 1.165) is 0 Å². The van der Waals surface area contributed by atoms with Gasteiger partial charge in [-0.05, 0) is 42.5 Å². The van der Waals surface area contributed by atoms with Crippen LogP contribution in [-0.4, -0.2) is 30.9 Å². The van der Waals surface area contributed by atoms with Gasteiger partial charge in [0.05, 0.1) is 19.2 Å². The Morgan fingerprint density at radius 1 is 1.30 bits per heavy atom. The fourth-order valence-corrected chi connectivity index (χ4v) is 2.64. The SMILES string of the molecule is COc1ccc(Cl)cc1NC(=O)[C@@H]1CC(=O)NC(Nc2ccc(F)cc2)=N1. The van der Waals surface area contributed by atoms with E-state index < -0.39 is 11.9 Å². The molecule has 2 amide bonds. The number of halogens is 2. The highest BCUT2D eigenvalue weighted by Crippen LogP contribution is 2.28. The van der Waals surface area contributed by atoms with E-state index in [1.165, 1.54) is 31.4 Å². The predicted molar refractivity (Wildman–Crippen MR) is 101 cm³/mol. The molecule has 140 valence electrons. The highest BCUT2D eigenvalue weighted by Gasteiger charge is 2.27. The lowest BCUT2D eigenvalue weighted by Gasteiger charge is -2.21. The monoisotopic (exact) mass is 390 g/mol. The maximum Gasteiger partial charge on any atom is 0.249 e. The second-order valence-corrected chi connectivity index (χ2v) is 6.15. The first-order valence-corrected chi connectivity index (χ1v) is 8.37. The van der Waals surface area contributed by atoms with E-state index in [9.17, 15) is 14.0 Å². The third kappa shape index (κ3) is 4.73. The molecule has 0 unspecified atom stereocenters. The van der Waals surface area contributed by atoms with E-state index in [2.05, 4.69) is 20.9 Å². The number of hydrogen-bond donors (Lipinski definition) is 3. The molecular weight excluding hydrogens is 375 g/mol. The van der Waals surface area contributed by atoms with E-state index in [-0.39, 0.29) is 24.1 Å². The number of carbonyl (C=O) groups is 2. The second kappa shape index (κ2) is 8.05. The Labute approximate surface area is 159 Å². The van der Waals surface area contributed by atoms with Crippen molar-refractivity contribution in [1.82, 2.24) is 5.32 Å². The minimum atomic E-state index is -0.939. The minimum Gasteiger partial charge on any atom is -0.495 e. The molecule has 0 aromatic heterocycles. The summed E-state index contributed by atoms with van der Waals surface area (Å²) < 4.78 is 18.2. The summed E-state index contributed by atoms with van der Waals surface area (Å²) >= 11 is 5.96. The van der Waals surface area contributed by atoms with Crippen LogP contribution in [0.2, 0.25) is 5.02 Å². The summed E-state index contributed by atoms with van der Waals surface area (Å²) in [5.41, 5.74) is 0.900. The zero-order valence-corrected chi connectivity index (χ0v) is 15.0. The third-order valence-electron chi connectivity index (χ3n) is 3.75. The molecule has 0 saturated heterocycles. The van der Waals surface area contributed by atoms with Gasteiger partial charge in [-0.2, -0.15) is 0 Å². The third-order valence-corrected chi connectivity index (χ3v) is 3.99. The average Bonchev–Trinajstić information content (AvgIpc) is 2.63. The summed E-state index contributed by atoms with van der Waals surface area (Å²) in [4.78, 5) is 28.7. The lowest BCUT2D eigenvalue weighted by molar-refractivity contribution is -0.124. The molecule has 0 fully saturated rings. The van der Waals surface area contributed by atoms with Gasteiger partial charge in [-0.1, -0.05) is 11.6 Å². The van der Waals surface area contributed by atoms with Gasteiger partial charge in [-0.25, -0.2) is 9.38 Å². The van der Waals surface area contributed by atoms with Crippen molar-refractivity contribution in [2.24, 2.45) is 4.99 Å². The maximum absolute atomic E-state index is 13.0. The summed E-state index contributed by atoms with van der Waals surface area (Å²) in [7, 11) is 1.47. The molecule has 1 atom stereocenters. The van der Waals surface area contributed by atoms with Crippen LogP contribution < -0.4 is 20.7 Å². The maximum atomic E-state index is 13.0. The zero-order chi connectivity index (χ0) is 19.4. The topological polar surface area (TPSA) is 91.8 Å². The fourth-order valence-electron chi connectivity index (χ4n) is 2.47. The predicted octanol–water partition coefficient (Wildman–Crippen LogP) is 2.78. The quantitative estimate of drug-likeness (QED) is 0.748. The molecule has 0 bridgehead atoms. The first kappa shape index (κ1) is 18.7. The largest absolute Gasteiger partial charge is 0.495 e. The van der Waals surface area contributed by atoms with Crippen LogP contribution in [0, 0.1) is 5.82 Å². The van der Waals surface area contributed by atoms with Gasteiger partial charge in [0.15, 0.2) is 0 Å². The Morgan fingerprint density at radius 2 is 2.04 bits per heavy atom. The molecule has 7 nitrogen and oxygen atoms in total. The molecule has 9 heteroatoms. The molecule has 3 N–H and O–H groups in total. The van der Waals surface area contributed by atoms with E-state index >= 15 is 0 Å². The first-order chi connectivity index (χ1) is 12.9. The highest BCUT2D eigenvalue weighted by atomic mass is 35.5. The van der Waals surface area contributed by atoms with Gasteiger partial charge in [0.2, 0.25) is 17.8 Å². The number of methoxy groups -OCH3 is 1. The Bertz CT molecular complexity index is 902. The van der Waals surface area contributed by atoms with Gasteiger partial charge >= 0.3 is 0 Å². The number of rotatable bonds is 4. The lowest BCUT2D eigenvalue weighted by atomic mass is 10.1. The number of ether oxygens (including phenoxy) is 1. The van der Waals surface area contributed by atoms with Crippen LogP contribution in [0.15, 0.2) is 47.5 Å². The fraction of sp³-hybridized carbons (Fsp3) is 0.167. The second-order valence-electron chi connectivity index (χ2n) is 5.71. The Kier molecular flexibility index (Phi) is 5.56. The van der Waals surface area contributed by atoms with Crippen LogP contribution in [0.5, 0.6) is 5.75 Å². The smallest absolute Gasteiger partial charge is 0.249 e. The lowest BCUT2D eigenvalue weighted by Crippen LogP contribution is -2.45. The van der Waals surface area contributed by atoms with Crippen LogP contribution in [0.3, 0.4) is 0 Å². The number of guanidine groups is 1. The van der Waals surface area contributed by atoms with Crippen LogP contribution in [-0.2, 0) is 9.59 Å². The number of hydrogen-bond acceptors (Lipinski definition) is 5. The number of amides is 2. The van der Waals surface area contributed by atoms with Crippen molar-refractivity contribution in [3.05, 3.63) is 53.3 Å². The van der Waals surface area contributed by atoms with Crippen molar-refractivity contribution >= 4 is 40.7 Å². The number of nitrogens with one attached hydrogen (secondary N) is 3. The summed E-state index contributed by atoms with van der Waals surface area (Å²) in [6.07, 6.45) is -0.108. The van der Waals surface area contributed by atoms with E-state index in [1.54, 1.807) is 18.2 Å². The minimum absolute atomic E-state index is 0.107. The molecule has 0 radical (unpaired) electrons. The summed E-state index contributed by atoms with van der Waals surface area (Å²) in [6, 6.07) is 9.37. The van der Waals surface area contributed by atoms with Crippen molar-refractivity contribution < 1.29 is 18.7 Å². The molecule has 0 saturated carbocycles. The molecule has 1 aliphatic rings. The Morgan fingerprint density at radius 3 is 2.74 bits per heavy atom. The molecule has 3 rings (SSSR count). The highest BCUT2D eigenvalue weighted by molar-refractivity contribution is 6.31. The average molecular weight is 391 g/mol. The van der Waals surface area contributed by atoms with Crippen molar-refractivity contribution in [2.75, 3.05) is 17.7 Å². The van der Waals surface area contributed by atoms with Gasteiger partial charge in [0.25, 0.3) is 0 Å². The molecule has 27 heavy (non-hydrogen) atoms. The van der Waals surface area contributed by atoms with Gasteiger partial charge in [0, 0.05) is 10.7 Å². The van der Waals surface area contributed by atoms with Crippen molar-refractivity contribution in [2.45, 2.75) is 12.5 Å². The molecule has 0 spiro atoms. The molecule has 0 aliphatic carbocycles. The van der Waals surface area contributed by atoms with Crippen LogP contribution in [0.4, 0.5) is 15.8 Å². The van der Waals surface area contributed by atoms with Gasteiger partial charge in [0.1, 0.15) is 17.6 Å². The van der Waals surface area contributed by atoms with Crippen molar-refractivity contribution in [3.8, 4) is 5.75 Å². The molecular formula is C18H16ClFN4O3. The summed E-state index contributed by atoms with van der Waals surface area (Å²) in [5.74, 6) is -0.697. The zero-order valence-electron chi connectivity index (χ0n) is 14.3. The normalized spacial score (nSPS) is 16.2. The van der Waals surface area contributed by atoms with Gasteiger partial charge in [-0.15, -0.1) is 0 Å². The molecule has 1 aliphatic heterocycles. The number of anilines is 2. The molecule has 1 heterocycles. The first-order valence-electron chi connectivity index (χ1n) is 7.99. The van der Waals surface area contributed by atoms with Crippen LogP contribution in [0.25, 0.3) is 0 Å². The number of nitrogens with zero attached hydrogens (tertiary/aromatic N) is 1. The van der Waals surface area contributed by atoms with E-state index in [0.29, 0.717) is 22.1 Å². The van der Waals surface area contributed by atoms with Gasteiger partial charge < -0.3 is 15.4 Å². The van der Waals surface area contributed by atoms with Crippen molar-refractivity contribution in [1.29, 1.82) is 0 Å². The Hall–Kier alpha value is -3.13. The van der Waals surface area contributed by atoms with Crippen LogP contribution >= 0.6 is 11.6 Å².